The molecule has 3 aromatic rings. The maximum atomic E-state index is 13.7. The van der Waals surface area contributed by atoms with Gasteiger partial charge >= 0.3 is 0 Å². The first kappa shape index (κ1) is 29.0. The third kappa shape index (κ3) is 8.47. The van der Waals surface area contributed by atoms with Crippen LogP contribution in [-0.2, 0) is 28.0 Å². The minimum Gasteiger partial charge on any atom is -0.484 e. The van der Waals surface area contributed by atoms with Gasteiger partial charge in [-0.1, -0.05) is 100.0 Å². The molecule has 0 saturated carbocycles. The summed E-state index contributed by atoms with van der Waals surface area (Å²) < 4.78 is 5.94. The average molecular weight is 515 g/mol. The Morgan fingerprint density at radius 2 is 1.58 bits per heavy atom. The number of amides is 2. The number of hydrogen-bond donors (Lipinski definition) is 1. The third-order valence-corrected chi connectivity index (χ3v) is 6.79. The van der Waals surface area contributed by atoms with Gasteiger partial charge in [-0.3, -0.25) is 9.59 Å². The first-order valence-corrected chi connectivity index (χ1v) is 13.5. The fourth-order valence-electron chi connectivity index (χ4n) is 4.28. The minimum atomic E-state index is -0.675. The Morgan fingerprint density at radius 3 is 2.18 bits per heavy atom. The van der Waals surface area contributed by atoms with Crippen molar-refractivity contribution in [1.82, 2.24) is 10.2 Å². The first-order chi connectivity index (χ1) is 18.1. The molecule has 0 aliphatic heterocycles. The van der Waals surface area contributed by atoms with Crippen LogP contribution >= 0.6 is 0 Å². The molecular formula is C33H42N2O3. The Bertz CT molecular complexity index is 1180. The summed E-state index contributed by atoms with van der Waals surface area (Å²) in [7, 11) is 0. The number of rotatable bonds is 11. The zero-order valence-corrected chi connectivity index (χ0v) is 23.7. The van der Waals surface area contributed by atoms with E-state index in [-0.39, 0.29) is 29.9 Å². The lowest BCUT2D eigenvalue weighted by Gasteiger charge is -2.32. The van der Waals surface area contributed by atoms with E-state index >= 15 is 0 Å². The molecule has 0 saturated heterocycles. The molecule has 5 heteroatoms. The summed E-state index contributed by atoms with van der Waals surface area (Å²) in [5.74, 6) is 0.246. The number of aryl methyl sites for hydroxylation is 1. The van der Waals surface area contributed by atoms with Crippen molar-refractivity contribution < 1.29 is 14.3 Å². The SMILES string of the molecule is CC[C@@H](C)NC(=O)[C@H](Cc1ccccc1)N(Cc1cccc(C)c1)C(=O)COc1ccc(C(C)(C)C)cc1. The Balaban J connectivity index is 1.89. The van der Waals surface area contributed by atoms with Crippen molar-refractivity contribution in [2.24, 2.45) is 0 Å². The highest BCUT2D eigenvalue weighted by Crippen LogP contribution is 2.24. The van der Waals surface area contributed by atoms with Gasteiger partial charge in [-0.15, -0.1) is 0 Å². The van der Waals surface area contributed by atoms with Gasteiger partial charge in [0.15, 0.2) is 6.61 Å². The Kier molecular flexibility index (Phi) is 10.1. The van der Waals surface area contributed by atoms with Crippen molar-refractivity contribution in [3.63, 3.8) is 0 Å². The fraction of sp³-hybridized carbons (Fsp3) is 0.394. The number of carbonyl (C=O) groups is 2. The van der Waals surface area contributed by atoms with Gasteiger partial charge in [-0.2, -0.15) is 0 Å². The van der Waals surface area contributed by atoms with Crippen LogP contribution in [0.15, 0.2) is 78.9 Å². The van der Waals surface area contributed by atoms with Crippen molar-refractivity contribution in [3.8, 4) is 5.75 Å². The topological polar surface area (TPSA) is 58.6 Å². The molecule has 1 N–H and O–H groups in total. The monoisotopic (exact) mass is 514 g/mol. The van der Waals surface area contributed by atoms with E-state index in [1.165, 1.54) is 5.56 Å². The van der Waals surface area contributed by atoms with Crippen LogP contribution in [0, 0.1) is 6.92 Å². The molecule has 0 heterocycles. The minimum absolute atomic E-state index is 0.00859. The summed E-state index contributed by atoms with van der Waals surface area (Å²) in [5, 5.41) is 3.10. The molecule has 2 amide bonds. The highest BCUT2D eigenvalue weighted by atomic mass is 16.5. The zero-order valence-electron chi connectivity index (χ0n) is 23.7. The summed E-state index contributed by atoms with van der Waals surface area (Å²) in [6, 6.07) is 25.1. The van der Waals surface area contributed by atoms with Gasteiger partial charge in [-0.05, 0) is 54.5 Å². The largest absolute Gasteiger partial charge is 0.484 e. The van der Waals surface area contributed by atoms with E-state index in [4.69, 9.17) is 4.74 Å². The van der Waals surface area contributed by atoms with E-state index < -0.39 is 6.04 Å². The number of hydrogen-bond acceptors (Lipinski definition) is 3. The molecule has 0 aromatic heterocycles. The Labute approximate surface area is 228 Å². The van der Waals surface area contributed by atoms with Gasteiger partial charge in [0, 0.05) is 19.0 Å². The van der Waals surface area contributed by atoms with Gasteiger partial charge in [-0.25, -0.2) is 0 Å². The van der Waals surface area contributed by atoms with Crippen molar-refractivity contribution >= 4 is 11.8 Å². The number of nitrogens with zero attached hydrogens (tertiary/aromatic N) is 1. The quantitative estimate of drug-likeness (QED) is 0.330. The smallest absolute Gasteiger partial charge is 0.261 e. The predicted octanol–water partition coefficient (Wildman–Crippen LogP) is 6.23. The van der Waals surface area contributed by atoms with Crippen LogP contribution in [0.3, 0.4) is 0 Å². The third-order valence-electron chi connectivity index (χ3n) is 6.79. The number of carbonyl (C=O) groups excluding carboxylic acids is 2. The molecule has 0 fully saturated rings. The molecular weight excluding hydrogens is 472 g/mol. The molecule has 38 heavy (non-hydrogen) atoms. The standard InChI is InChI=1S/C33H42N2O3/c1-7-25(3)34-32(37)30(21-26-13-9-8-10-14-26)35(22-27-15-11-12-24(2)20-27)31(36)23-38-29-18-16-28(17-19-29)33(4,5)6/h8-20,25,30H,7,21-23H2,1-6H3,(H,34,37)/t25-,30+/m1/s1. The van der Waals surface area contributed by atoms with Gasteiger partial charge in [0.05, 0.1) is 0 Å². The van der Waals surface area contributed by atoms with Gasteiger partial charge in [0.1, 0.15) is 11.8 Å². The molecule has 3 aromatic carbocycles. The van der Waals surface area contributed by atoms with Gasteiger partial charge < -0.3 is 15.0 Å². The first-order valence-electron chi connectivity index (χ1n) is 13.5. The maximum Gasteiger partial charge on any atom is 0.261 e. The number of nitrogens with one attached hydrogen (secondary N) is 1. The lowest BCUT2D eigenvalue weighted by Crippen LogP contribution is -2.53. The second-order valence-corrected chi connectivity index (χ2v) is 11.1. The van der Waals surface area contributed by atoms with E-state index in [2.05, 4.69) is 32.2 Å². The van der Waals surface area contributed by atoms with E-state index in [1.807, 2.05) is 93.6 Å². The Morgan fingerprint density at radius 1 is 0.921 bits per heavy atom. The van der Waals surface area contributed by atoms with E-state index in [0.29, 0.717) is 18.7 Å². The lowest BCUT2D eigenvalue weighted by molar-refractivity contribution is -0.143. The highest BCUT2D eigenvalue weighted by Gasteiger charge is 2.31. The molecule has 0 spiro atoms. The van der Waals surface area contributed by atoms with E-state index in [1.54, 1.807) is 4.90 Å². The van der Waals surface area contributed by atoms with Crippen molar-refractivity contribution in [1.29, 1.82) is 0 Å². The van der Waals surface area contributed by atoms with Gasteiger partial charge in [0.25, 0.3) is 5.91 Å². The van der Waals surface area contributed by atoms with Crippen LogP contribution in [-0.4, -0.2) is 35.4 Å². The second-order valence-electron chi connectivity index (χ2n) is 11.1. The summed E-state index contributed by atoms with van der Waals surface area (Å²) in [4.78, 5) is 29.0. The van der Waals surface area contributed by atoms with Crippen molar-refractivity contribution in [2.45, 2.75) is 78.4 Å². The molecule has 0 aliphatic rings. The van der Waals surface area contributed by atoms with Crippen LogP contribution in [0.1, 0.15) is 63.3 Å². The molecule has 0 aliphatic carbocycles. The molecule has 0 bridgehead atoms. The second kappa shape index (κ2) is 13.3. The summed E-state index contributed by atoms with van der Waals surface area (Å²) >= 11 is 0. The van der Waals surface area contributed by atoms with Crippen LogP contribution in [0.5, 0.6) is 5.75 Å². The van der Waals surface area contributed by atoms with Crippen LogP contribution < -0.4 is 10.1 Å². The van der Waals surface area contributed by atoms with Crippen molar-refractivity contribution in [2.75, 3.05) is 6.61 Å². The molecule has 202 valence electrons. The lowest BCUT2D eigenvalue weighted by atomic mass is 9.87. The predicted molar refractivity (Wildman–Crippen MR) is 154 cm³/mol. The summed E-state index contributed by atoms with van der Waals surface area (Å²) in [6.45, 7) is 12.7. The Hall–Kier alpha value is -3.60. The van der Waals surface area contributed by atoms with Crippen LogP contribution in [0.4, 0.5) is 0 Å². The van der Waals surface area contributed by atoms with Crippen molar-refractivity contribution in [3.05, 3.63) is 101 Å². The molecule has 5 nitrogen and oxygen atoms in total. The fourth-order valence-corrected chi connectivity index (χ4v) is 4.28. The summed E-state index contributed by atoms with van der Waals surface area (Å²) in [6.07, 6.45) is 1.23. The van der Waals surface area contributed by atoms with E-state index in [9.17, 15) is 9.59 Å². The molecule has 0 unspecified atom stereocenters. The normalized spacial score (nSPS) is 12.9. The molecule has 0 radical (unpaired) electrons. The number of benzene rings is 3. The zero-order chi connectivity index (χ0) is 27.7. The molecule has 2 atom stereocenters. The number of ether oxygens (including phenoxy) is 1. The van der Waals surface area contributed by atoms with Crippen LogP contribution in [0.2, 0.25) is 0 Å². The van der Waals surface area contributed by atoms with Crippen LogP contribution in [0.25, 0.3) is 0 Å². The van der Waals surface area contributed by atoms with E-state index in [0.717, 1.165) is 23.1 Å². The average Bonchev–Trinajstić information content (AvgIpc) is 2.89. The maximum absolute atomic E-state index is 13.7. The summed E-state index contributed by atoms with van der Waals surface area (Å²) in [5.41, 5.74) is 4.31. The highest BCUT2D eigenvalue weighted by molar-refractivity contribution is 5.88. The van der Waals surface area contributed by atoms with Gasteiger partial charge in [0.2, 0.25) is 5.91 Å². The molecule has 3 rings (SSSR count).